The Hall–Kier alpha value is -3.09. The summed E-state index contributed by atoms with van der Waals surface area (Å²) in [6, 6.07) is 6.40. The third-order valence-corrected chi connectivity index (χ3v) is 5.39. The lowest BCUT2D eigenvalue weighted by molar-refractivity contribution is 0.458. The van der Waals surface area contributed by atoms with Gasteiger partial charge in [-0.05, 0) is 49.9 Å². The van der Waals surface area contributed by atoms with Gasteiger partial charge in [-0.25, -0.2) is 4.79 Å². The van der Waals surface area contributed by atoms with Crippen molar-refractivity contribution in [3.05, 3.63) is 62.3 Å². The number of aryl methyl sites for hydroxylation is 3. The molecule has 3 heterocycles. The Morgan fingerprint density at radius 2 is 1.83 bits per heavy atom. The topological polar surface area (TPSA) is 65.1 Å². The van der Waals surface area contributed by atoms with Crippen molar-refractivity contribution < 1.29 is 0 Å². The van der Waals surface area contributed by atoms with Crippen LogP contribution in [0.2, 0.25) is 0 Å². The van der Waals surface area contributed by atoms with E-state index in [-0.39, 0.29) is 17.8 Å². The third kappa shape index (κ3) is 3.10. The number of benzene rings is 1. The summed E-state index contributed by atoms with van der Waals surface area (Å²) < 4.78 is 4.69. The first-order valence-electron chi connectivity index (χ1n) is 9.87. The van der Waals surface area contributed by atoms with Crippen LogP contribution in [0.25, 0.3) is 11.2 Å². The molecule has 0 unspecified atom stereocenters. The van der Waals surface area contributed by atoms with E-state index in [1.807, 2.05) is 11.5 Å². The maximum absolute atomic E-state index is 13.3. The minimum Gasteiger partial charge on any atom is -0.312 e. The zero-order valence-corrected chi connectivity index (χ0v) is 17.7. The highest BCUT2D eigenvalue weighted by atomic mass is 16.2. The third-order valence-electron chi connectivity index (χ3n) is 5.39. The van der Waals surface area contributed by atoms with Gasteiger partial charge < -0.3 is 9.47 Å². The molecule has 0 aliphatic carbocycles. The molecule has 1 aromatic carbocycles. The van der Waals surface area contributed by atoms with E-state index in [4.69, 9.17) is 4.98 Å². The van der Waals surface area contributed by atoms with Crippen LogP contribution in [0.15, 0.2) is 39.9 Å². The Morgan fingerprint density at radius 1 is 1.17 bits per heavy atom. The van der Waals surface area contributed by atoms with E-state index < -0.39 is 0 Å². The minimum absolute atomic E-state index is 0.207. The SMILES string of the molecule is C=C(C)Cn1c(=O)c2c(nc3n2C[C@H](C)CN3c2cc(C)cc(C)c2)n(C)c1=O. The van der Waals surface area contributed by atoms with E-state index >= 15 is 0 Å². The highest BCUT2D eigenvalue weighted by Gasteiger charge is 2.30. The van der Waals surface area contributed by atoms with Crippen molar-refractivity contribution in [3.8, 4) is 0 Å². The Kier molecular flexibility index (Phi) is 4.48. The van der Waals surface area contributed by atoms with Crippen LogP contribution in [-0.2, 0) is 20.1 Å². The first-order valence-corrected chi connectivity index (χ1v) is 9.87. The molecule has 29 heavy (non-hydrogen) atoms. The molecule has 0 N–H and O–H groups in total. The smallest absolute Gasteiger partial charge is 0.312 e. The molecule has 0 amide bonds. The fourth-order valence-corrected chi connectivity index (χ4v) is 4.24. The Morgan fingerprint density at radius 3 is 2.45 bits per heavy atom. The molecule has 1 aliphatic rings. The van der Waals surface area contributed by atoms with Gasteiger partial charge in [-0.3, -0.25) is 13.9 Å². The van der Waals surface area contributed by atoms with Crippen molar-refractivity contribution in [2.45, 2.75) is 40.8 Å². The van der Waals surface area contributed by atoms with E-state index in [0.717, 1.165) is 17.8 Å². The first-order chi connectivity index (χ1) is 13.7. The Balaban J connectivity index is 2.02. The van der Waals surface area contributed by atoms with Crippen LogP contribution in [0.3, 0.4) is 0 Å². The van der Waals surface area contributed by atoms with Gasteiger partial charge in [0.15, 0.2) is 11.2 Å². The standard InChI is InChI=1S/C22H27N5O2/c1-13(2)10-27-20(28)18-19(24(6)22(27)29)23-21-25(11-16(5)12-26(18)21)17-8-14(3)7-15(4)9-17/h7-9,16H,1,10-12H2,2-6H3/t16-/m1/s1. The molecule has 7 nitrogen and oxygen atoms in total. The molecule has 0 spiro atoms. The number of rotatable bonds is 3. The number of nitrogens with zero attached hydrogens (tertiary/aromatic N) is 5. The minimum atomic E-state index is -0.369. The molecular formula is C22H27N5O2. The second-order valence-electron chi connectivity index (χ2n) is 8.45. The van der Waals surface area contributed by atoms with Gasteiger partial charge in [-0.15, -0.1) is 0 Å². The lowest BCUT2D eigenvalue weighted by Gasteiger charge is -2.33. The molecule has 0 bridgehead atoms. The normalized spacial score (nSPS) is 16.3. The average molecular weight is 393 g/mol. The van der Waals surface area contributed by atoms with E-state index in [0.29, 0.717) is 29.6 Å². The van der Waals surface area contributed by atoms with E-state index in [1.54, 1.807) is 7.05 Å². The molecule has 3 aromatic rings. The van der Waals surface area contributed by atoms with Crippen molar-refractivity contribution >= 4 is 22.8 Å². The van der Waals surface area contributed by atoms with Gasteiger partial charge in [-0.2, -0.15) is 4.98 Å². The van der Waals surface area contributed by atoms with Crippen LogP contribution in [0, 0.1) is 19.8 Å². The Bertz CT molecular complexity index is 1240. The summed E-state index contributed by atoms with van der Waals surface area (Å²) in [5, 5.41) is 0. The molecule has 7 heteroatoms. The quantitative estimate of drug-likeness (QED) is 0.642. The van der Waals surface area contributed by atoms with Crippen LogP contribution in [0.5, 0.6) is 0 Å². The summed E-state index contributed by atoms with van der Waals surface area (Å²) in [6.45, 7) is 13.7. The summed E-state index contributed by atoms with van der Waals surface area (Å²) in [7, 11) is 1.67. The van der Waals surface area contributed by atoms with E-state index in [9.17, 15) is 9.59 Å². The van der Waals surface area contributed by atoms with Crippen molar-refractivity contribution in [1.29, 1.82) is 0 Å². The number of allylic oxidation sites excluding steroid dienone is 1. The summed E-state index contributed by atoms with van der Waals surface area (Å²) in [6.07, 6.45) is 0. The van der Waals surface area contributed by atoms with Crippen LogP contribution in [-0.4, -0.2) is 25.2 Å². The van der Waals surface area contributed by atoms with Crippen LogP contribution >= 0.6 is 0 Å². The second kappa shape index (κ2) is 6.76. The largest absolute Gasteiger partial charge is 0.332 e. The molecule has 0 fully saturated rings. The zero-order chi connectivity index (χ0) is 21.0. The molecule has 0 radical (unpaired) electrons. The number of fused-ring (bicyclic) bond motifs is 3. The number of imidazole rings is 1. The number of aromatic nitrogens is 4. The zero-order valence-electron chi connectivity index (χ0n) is 17.7. The highest BCUT2D eigenvalue weighted by Crippen LogP contribution is 2.33. The molecular weight excluding hydrogens is 366 g/mol. The number of hydrogen-bond acceptors (Lipinski definition) is 4. The monoisotopic (exact) mass is 393 g/mol. The maximum Gasteiger partial charge on any atom is 0.332 e. The average Bonchev–Trinajstić information content (AvgIpc) is 3.01. The second-order valence-corrected chi connectivity index (χ2v) is 8.45. The van der Waals surface area contributed by atoms with Gasteiger partial charge in [0.05, 0.1) is 6.54 Å². The predicted molar refractivity (Wildman–Crippen MR) is 116 cm³/mol. The van der Waals surface area contributed by atoms with Crippen molar-refractivity contribution in [2.24, 2.45) is 13.0 Å². The maximum atomic E-state index is 13.3. The molecule has 0 saturated heterocycles. The van der Waals surface area contributed by atoms with Gasteiger partial charge in [-0.1, -0.05) is 25.1 Å². The molecule has 1 atom stereocenters. The highest BCUT2D eigenvalue weighted by molar-refractivity contribution is 5.77. The molecule has 2 aromatic heterocycles. The fraction of sp³-hybridized carbons (Fsp3) is 0.409. The summed E-state index contributed by atoms with van der Waals surface area (Å²) >= 11 is 0. The lowest BCUT2D eigenvalue weighted by atomic mass is 10.1. The van der Waals surface area contributed by atoms with E-state index in [2.05, 4.69) is 50.4 Å². The molecule has 0 saturated carbocycles. The molecule has 4 rings (SSSR count). The number of hydrogen-bond donors (Lipinski definition) is 0. The Labute approximate surface area is 169 Å². The summed E-state index contributed by atoms with van der Waals surface area (Å²) in [5.41, 5.74) is 4.39. The lowest BCUT2D eigenvalue weighted by Crippen LogP contribution is -2.40. The van der Waals surface area contributed by atoms with Crippen LogP contribution < -0.4 is 16.1 Å². The van der Waals surface area contributed by atoms with Gasteiger partial charge in [0.25, 0.3) is 5.56 Å². The van der Waals surface area contributed by atoms with Gasteiger partial charge >= 0.3 is 5.69 Å². The summed E-state index contributed by atoms with van der Waals surface area (Å²) in [5.74, 6) is 1.04. The number of anilines is 2. The first kappa shape index (κ1) is 19.2. The molecule has 152 valence electrons. The predicted octanol–water partition coefficient (Wildman–Crippen LogP) is 2.88. The van der Waals surface area contributed by atoms with Crippen LogP contribution in [0.4, 0.5) is 11.6 Å². The van der Waals surface area contributed by atoms with Gasteiger partial charge in [0, 0.05) is 25.8 Å². The molecule has 1 aliphatic heterocycles. The van der Waals surface area contributed by atoms with Crippen molar-refractivity contribution in [2.75, 3.05) is 11.4 Å². The fourth-order valence-electron chi connectivity index (χ4n) is 4.24. The van der Waals surface area contributed by atoms with Gasteiger partial charge in [0.1, 0.15) is 0 Å². The van der Waals surface area contributed by atoms with Crippen molar-refractivity contribution in [1.82, 2.24) is 18.7 Å². The summed E-state index contributed by atoms with van der Waals surface area (Å²) in [4.78, 5) is 33.0. The van der Waals surface area contributed by atoms with Gasteiger partial charge in [0.2, 0.25) is 5.95 Å². The van der Waals surface area contributed by atoms with E-state index in [1.165, 1.54) is 20.3 Å². The van der Waals surface area contributed by atoms with Crippen LogP contribution in [0.1, 0.15) is 25.0 Å². The van der Waals surface area contributed by atoms with Crippen molar-refractivity contribution in [3.63, 3.8) is 0 Å².